The predicted octanol–water partition coefficient (Wildman–Crippen LogP) is 2.66. The maximum Gasteiger partial charge on any atom is 0.191 e. The van der Waals surface area contributed by atoms with Crippen LogP contribution in [0.4, 0.5) is 11.6 Å². The van der Waals surface area contributed by atoms with E-state index in [1.165, 1.54) is 17.3 Å². The first kappa shape index (κ1) is 13.6. The third kappa shape index (κ3) is 3.59. The molecule has 0 spiro atoms. The van der Waals surface area contributed by atoms with Crippen LogP contribution in [0.2, 0.25) is 0 Å². The minimum atomic E-state index is 0.163. The Labute approximate surface area is 117 Å². The molecule has 1 aromatic carbocycles. The van der Waals surface area contributed by atoms with Crippen LogP contribution in [-0.4, -0.2) is 16.2 Å². The van der Waals surface area contributed by atoms with E-state index in [0.29, 0.717) is 11.0 Å². The Hall–Kier alpha value is -1.79. The van der Waals surface area contributed by atoms with Crippen molar-refractivity contribution in [3.8, 4) is 0 Å². The van der Waals surface area contributed by atoms with Gasteiger partial charge in [0.05, 0.1) is 0 Å². The predicted molar refractivity (Wildman–Crippen MR) is 80.1 cm³/mol. The Balaban J connectivity index is 2.18. The molecular weight excluding hydrogens is 258 g/mol. The second-order valence-electron chi connectivity index (χ2n) is 4.05. The molecule has 1 heterocycles. The van der Waals surface area contributed by atoms with Crippen LogP contribution in [0.1, 0.15) is 18.5 Å². The molecule has 0 fully saturated rings. The zero-order valence-electron chi connectivity index (χ0n) is 10.9. The van der Waals surface area contributed by atoms with Gasteiger partial charge in [0.1, 0.15) is 11.6 Å². The SMILES string of the molecule is CSc1nc(NN)cc(NC(C)c2ccccc2)n1. The topological polar surface area (TPSA) is 75.9 Å². The number of hydrazine groups is 1. The van der Waals surface area contributed by atoms with Crippen LogP contribution in [0.5, 0.6) is 0 Å². The average Bonchev–Trinajstić information content (AvgIpc) is 2.47. The highest BCUT2D eigenvalue weighted by atomic mass is 32.2. The monoisotopic (exact) mass is 275 g/mol. The summed E-state index contributed by atoms with van der Waals surface area (Å²) in [5, 5.41) is 4.03. The van der Waals surface area contributed by atoms with Gasteiger partial charge < -0.3 is 10.7 Å². The van der Waals surface area contributed by atoms with Gasteiger partial charge >= 0.3 is 0 Å². The summed E-state index contributed by atoms with van der Waals surface area (Å²) in [6.45, 7) is 2.09. The Morgan fingerprint density at radius 3 is 2.47 bits per heavy atom. The molecule has 1 atom stereocenters. The van der Waals surface area contributed by atoms with Crippen LogP contribution < -0.4 is 16.6 Å². The number of hydrogen-bond donors (Lipinski definition) is 3. The lowest BCUT2D eigenvalue weighted by Gasteiger charge is -2.15. The number of thioether (sulfide) groups is 1. The number of nitrogens with zero attached hydrogens (tertiary/aromatic N) is 2. The van der Waals surface area contributed by atoms with Gasteiger partial charge in [0, 0.05) is 12.1 Å². The van der Waals surface area contributed by atoms with E-state index in [1.807, 2.05) is 24.5 Å². The molecular formula is C13H17N5S. The Kier molecular flexibility index (Phi) is 4.59. The second-order valence-corrected chi connectivity index (χ2v) is 4.82. The first-order valence-electron chi connectivity index (χ1n) is 5.94. The lowest BCUT2D eigenvalue weighted by atomic mass is 10.1. The summed E-state index contributed by atoms with van der Waals surface area (Å²) < 4.78 is 0. The van der Waals surface area contributed by atoms with Gasteiger partial charge in [-0.3, -0.25) is 0 Å². The van der Waals surface area contributed by atoms with Crippen molar-refractivity contribution in [2.45, 2.75) is 18.1 Å². The number of nitrogens with two attached hydrogens (primary N) is 1. The fraction of sp³-hybridized carbons (Fsp3) is 0.231. The minimum absolute atomic E-state index is 0.163. The summed E-state index contributed by atoms with van der Waals surface area (Å²) in [5.74, 6) is 6.76. The normalized spacial score (nSPS) is 11.9. The van der Waals surface area contributed by atoms with E-state index in [4.69, 9.17) is 5.84 Å². The van der Waals surface area contributed by atoms with Gasteiger partial charge in [-0.05, 0) is 18.7 Å². The molecule has 2 aromatic rings. The first-order valence-corrected chi connectivity index (χ1v) is 7.16. The van der Waals surface area contributed by atoms with Crippen molar-refractivity contribution < 1.29 is 0 Å². The Morgan fingerprint density at radius 2 is 1.84 bits per heavy atom. The number of aromatic nitrogens is 2. The standard InChI is InChI=1S/C13H17N5S/c1-9(10-6-4-3-5-7-10)15-11-8-12(18-14)17-13(16-11)19-2/h3-9H,14H2,1-2H3,(H2,15,16,17,18). The van der Waals surface area contributed by atoms with Crippen molar-refractivity contribution in [2.24, 2.45) is 5.84 Å². The van der Waals surface area contributed by atoms with Gasteiger partial charge in [0.2, 0.25) is 0 Å². The Bertz CT molecular complexity index is 510. The molecule has 19 heavy (non-hydrogen) atoms. The number of rotatable bonds is 5. The fourth-order valence-corrected chi connectivity index (χ4v) is 2.09. The van der Waals surface area contributed by atoms with E-state index >= 15 is 0 Å². The molecule has 0 radical (unpaired) electrons. The largest absolute Gasteiger partial charge is 0.363 e. The van der Waals surface area contributed by atoms with E-state index in [9.17, 15) is 0 Å². The summed E-state index contributed by atoms with van der Waals surface area (Å²) in [5.41, 5.74) is 3.75. The third-order valence-electron chi connectivity index (χ3n) is 2.70. The van der Waals surface area contributed by atoms with E-state index < -0.39 is 0 Å². The van der Waals surface area contributed by atoms with Crippen molar-refractivity contribution in [1.29, 1.82) is 0 Å². The van der Waals surface area contributed by atoms with Crippen LogP contribution in [0, 0.1) is 0 Å². The van der Waals surface area contributed by atoms with Crippen LogP contribution in [0.15, 0.2) is 41.6 Å². The van der Waals surface area contributed by atoms with E-state index in [2.05, 4.69) is 39.8 Å². The van der Waals surface area contributed by atoms with Gasteiger partial charge in [0.15, 0.2) is 5.16 Å². The molecule has 0 aliphatic rings. The van der Waals surface area contributed by atoms with Crippen molar-refractivity contribution in [1.82, 2.24) is 9.97 Å². The first-order chi connectivity index (χ1) is 9.22. The van der Waals surface area contributed by atoms with Crippen molar-refractivity contribution in [2.75, 3.05) is 17.0 Å². The summed E-state index contributed by atoms with van der Waals surface area (Å²) >= 11 is 1.48. The molecule has 0 saturated heterocycles. The number of nitrogens with one attached hydrogen (secondary N) is 2. The molecule has 0 aliphatic carbocycles. The van der Waals surface area contributed by atoms with Crippen LogP contribution >= 0.6 is 11.8 Å². The third-order valence-corrected chi connectivity index (χ3v) is 3.25. The van der Waals surface area contributed by atoms with Crippen molar-refractivity contribution in [3.63, 3.8) is 0 Å². The number of nitrogen functional groups attached to an aromatic ring is 1. The smallest absolute Gasteiger partial charge is 0.191 e. The van der Waals surface area contributed by atoms with Gasteiger partial charge in [-0.15, -0.1) is 0 Å². The maximum absolute atomic E-state index is 5.41. The molecule has 0 amide bonds. The van der Waals surface area contributed by atoms with E-state index in [1.54, 1.807) is 6.07 Å². The molecule has 0 bridgehead atoms. The average molecular weight is 275 g/mol. The molecule has 1 unspecified atom stereocenters. The van der Waals surface area contributed by atoms with Gasteiger partial charge in [-0.25, -0.2) is 15.8 Å². The number of benzene rings is 1. The molecule has 100 valence electrons. The maximum atomic E-state index is 5.41. The highest BCUT2D eigenvalue weighted by molar-refractivity contribution is 7.98. The zero-order chi connectivity index (χ0) is 13.7. The molecule has 1 aromatic heterocycles. The summed E-state index contributed by atoms with van der Waals surface area (Å²) in [6, 6.07) is 12.2. The van der Waals surface area contributed by atoms with Crippen molar-refractivity contribution in [3.05, 3.63) is 42.0 Å². The van der Waals surface area contributed by atoms with Gasteiger partial charge in [-0.1, -0.05) is 42.1 Å². The molecule has 0 aliphatic heterocycles. The van der Waals surface area contributed by atoms with Crippen LogP contribution in [0.3, 0.4) is 0 Å². The quantitative estimate of drug-likeness (QED) is 0.337. The highest BCUT2D eigenvalue weighted by Gasteiger charge is 2.08. The van der Waals surface area contributed by atoms with Gasteiger partial charge in [0.25, 0.3) is 0 Å². The highest BCUT2D eigenvalue weighted by Crippen LogP contribution is 2.21. The molecule has 2 rings (SSSR count). The summed E-state index contributed by atoms with van der Waals surface area (Å²) in [6.07, 6.45) is 1.93. The van der Waals surface area contributed by atoms with Crippen molar-refractivity contribution >= 4 is 23.4 Å². The van der Waals surface area contributed by atoms with E-state index in [0.717, 1.165) is 5.82 Å². The molecule has 5 nitrogen and oxygen atoms in total. The molecule has 6 heteroatoms. The summed E-state index contributed by atoms with van der Waals surface area (Å²) in [4.78, 5) is 8.64. The van der Waals surface area contributed by atoms with Crippen LogP contribution in [-0.2, 0) is 0 Å². The number of hydrogen-bond acceptors (Lipinski definition) is 6. The lowest BCUT2D eigenvalue weighted by Crippen LogP contribution is -2.12. The number of anilines is 2. The van der Waals surface area contributed by atoms with Gasteiger partial charge in [-0.2, -0.15) is 0 Å². The fourth-order valence-electron chi connectivity index (χ4n) is 1.71. The zero-order valence-corrected chi connectivity index (χ0v) is 11.7. The second kappa shape index (κ2) is 6.40. The lowest BCUT2D eigenvalue weighted by molar-refractivity contribution is 0.856. The Morgan fingerprint density at radius 1 is 1.16 bits per heavy atom. The van der Waals surface area contributed by atoms with Crippen LogP contribution in [0.25, 0.3) is 0 Å². The van der Waals surface area contributed by atoms with E-state index in [-0.39, 0.29) is 6.04 Å². The minimum Gasteiger partial charge on any atom is -0.363 e. The molecule has 0 saturated carbocycles. The summed E-state index contributed by atoms with van der Waals surface area (Å²) in [7, 11) is 0. The molecule has 4 N–H and O–H groups in total.